The van der Waals surface area contributed by atoms with Crippen LogP contribution in [0, 0.1) is 0 Å². The highest BCUT2D eigenvalue weighted by Crippen LogP contribution is 2.25. The van der Waals surface area contributed by atoms with Crippen molar-refractivity contribution >= 4 is 5.82 Å². The van der Waals surface area contributed by atoms with Crippen LogP contribution in [-0.4, -0.2) is 73.7 Å². The fourth-order valence-corrected chi connectivity index (χ4v) is 3.70. The lowest BCUT2D eigenvalue weighted by Gasteiger charge is -2.45. The Bertz CT molecular complexity index is 487. The predicted molar refractivity (Wildman–Crippen MR) is 89.7 cm³/mol. The molecule has 0 spiro atoms. The number of piperidine rings is 1. The molecule has 0 radical (unpaired) electrons. The van der Waals surface area contributed by atoms with Gasteiger partial charge in [0, 0.05) is 44.0 Å². The highest BCUT2D eigenvalue weighted by Gasteiger charge is 2.30. The van der Waals surface area contributed by atoms with E-state index >= 15 is 0 Å². The molecule has 2 saturated heterocycles. The summed E-state index contributed by atoms with van der Waals surface area (Å²) in [4.78, 5) is 12.1. The van der Waals surface area contributed by atoms with Gasteiger partial charge in [-0.2, -0.15) is 0 Å². The summed E-state index contributed by atoms with van der Waals surface area (Å²) in [5, 5.41) is 0. The largest absolute Gasteiger partial charge is 0.497 e. The Morgan fingerprint density at radius 1 is 1.18 bits per heavy atom. The highest BCUT2D eigenvalue weighted by molar-refractivity contribution is 5.45. The first-order valence-corrected chi connectivity index (χ1v) is 8.36. The van der Waals surface area contributed by atoms with Crippen LogP contribution in [0.3, 0.4) is 0 Å². The molecule has 1 aromatic rings. The average molecular weight is 304 g/mol. The van der Waals surface area contributed by atoms with Crippen LogP contribution in [0.5, 0.6) is 5.75 Å². The first-order chi connectivity index (χ1) is 10.7. The smallest absolute Gasteiger partial charge is 0.132 e. The molecule has 22 heavy (non-hydrogen) atoms. The number of rotatable bonds is 3. The Hall–Kier alpha value is -1.33. The predicted octanol–water partition coefficient (Wildman–Crippen LogP) is 1.69. The lowest BCUT2D eigenvalue weighted by Crippen LogP contribution is -2.56. The number of aromatic nitrogens is 1. The van der Waals surface area contributed by atoms with Gasteiger partial charge in [-0.3, -0.25) is 4.90 Å². The zero-order valence-corrected chi connectivity index (χ0v) is 14.0. The summed E-state index contributed by atoms with van der Waals surface area (Å²) < 4.78 is 5.33. The first kappa shape index (κ1) is 15.6. The van der Waals surface area contributed by atoms with Crippen molar-refractivity contribution in [1.29, 1.82) is 0 Å². The average Bonchev–Trinajstić information content (AvgIpc) is 2.55. The lowest BCUT2D eigenvalue weighted by atomic mass is 10.0. The monoisotopic (exact) mass is 304 g/mol. The van der Waals surface area contributed by atoms with Crippen LogP contribution in [0.2, 0.25) is 0 Å². The molecule has 0 N–H and O–H groups in total. The van der Waals surface area contributed by atoms with Gasteiger partial charge in [0.05, 0.1) is 7.11 Å². The maximum absolute atomic E-state index is 5.33. The van der Waals surface area contributed by atoms with E-state index in [1.807, 2.05) is 18.3 Å². The minimum absolute atomic E-state index is 0.494. The Morgan fingerprint density at radius 3 is 2.64 bits per heavy atom. The quantitative estimate of drug-likeness (QED) is 0.848. The second-order valence-corrected chi connectivity index (χ2v) is 6.63. The van der Waals surface area contributed by atoms with Gasteiger partial charge in [0.2, 0.25) is 0 Å². The van der Waals surface area contributed by atoms with Crippen LogP contribution < -0.4 is 9.64 Å². The molecule has 0 aliphatic carbocycles. The van der Waals surface area contributed by atoms with E-state index in [2.05, 4.69) is 33.7 Å². The normalized spacial score (nSPS) is 25.4. The molecule has 0 aromatic carbocycles. The van der Waals surface area contributed by atoms with E-state index in [0.717, 1.165) is 37.2 Å². The van der Waals surface area contributed by atoms with Gasteiger partial charge in [-0.05, 0) is 46.0 Å². The number of pyridine rings is 1. The zero-order valence-electron chi connectivity index (χ0n) is 14.0. The van der Waals surface area contributed by atoms with Gasteiger partial charge in [0.25, 0.3) is 0 Å². The molecule has 0 amide bonds. The minimum Gasteiger partial charge on any atom is -0.497 e. The van der Waals surface area contributed by atoms with E-state index in [0.29, 0.717) is 6.04 Å². The van der Waals surface area contributed by atoms with Crippen molar-refractivity contribution in [1.82, 2.24) is 14.8 Å². The third-order valence-electron chi connectivity index (χ3n) is 5.11. The molecule has 0 saturated carbocycles. The summed E-state index contributed by atoms with van der Waals surface area (Å²) in [6.07, 6.45) is 4.45. The number of nitrogens with zero attached hydrogens (tertiary/aromatic N) is 4. The minimum atomic E-state index is 0.494. The van der Waals surface area contributed by atoms with Gasteiger partial charge in [-0.15, -0.1) is 0 Å². The lowest BCUT2D eigenvalue weighted by molar-refractivity contribution is 0.104. The van der Waals surface area contributed by atoms with E-state index in [1.165, 1.54) is 25.9 Å². The summed E-state index contributed by atoms with van der Waals surface area (Å²) in [7, 11) is 3.94. The molecule has 5 nitrogen and oxygen atoms in total. The first-order valence-electron chi connectivity index (χ1n) is 8.36. The van der Waals surface area contributed by atoms with E-state index < -0.39 is 0 Å². The fourth-order valence-electron chi connectivity index (χ4n) is 3.70. The Morgan fingerprint density at radius 2 is 1.95 bits per heavy atom. The standard InChI is InChI=1S/C17H28N4O/c1-14-13-20(15-5-8-19(2)9-6-15)10-11-21(14)17-12-16(22-3)4-7-18-17/h4,7,12,14-15H,5-6,8-11,13H2,1-3H3/t14-/m0/s1. The molecule has 1 atom stereocenters. The number of anilines is 1. The molecule has 2 aliphatic rings. The fraction of sp³-hybridized carbons (Fsp3) is 0.706. The molecule has 3 heterocycles. The molecule has 2 fully saturated rings. The second-order valence-electron chi connectivity index (χ2n) is 6.63. The number of methoxy groups -OCH3 is 1. The SMILES string of the molecule is COc1ccnc(N2CCN(C3CCN(C)CC3)C[C@@H]2C)c1. The molecule has 3 rings (SSSR count). The van der Waals surface area contributed by atoms with Crippen molar-refractivity contribution < 1.29 is 4.74 Å². The van der Waals surface area contributed by atoms with Gasteiger partial charge in [-0.1, -0.05) is 0 Å². The van der Waals surface area contributed by atoms with Crippen LogP contribution in [-0.2, 0) is 0 Å². The van der Waals surface area contributed by atoms with Crippen molar-refractivity contribution in [3.63, 3.8) is 0 Å². The number of ether oxygens (including phenoxy) is 1. The van der Waals surface area contributed by atoms with Crippen molar-refractivity contribution in [2.75, 3.05) is 51.8 Å². The van der Waals surface area contributed by atoms with E-state index in [9.17, 15) is 0 Å². The van der Waals surface area contributed by atoms with Crippen LogP contribution >= 0.6 is 0 Å². The van der Waals surface area contributed by atoms with Crippen LogP contribution in [0.1, 0.15) is 19.8 Å². The van der Waals surface area contributed by atoms with Crippen LogP contribution in [0.15, 0.2) is 18.3 Å². The summed E-state index contributed by atoms with van der Waals surface area (Å²) in [6, 6.07) is 5.21. The Labute approximate surface area is 133 Å². The second kappa shape index (κ2) is 6.84. The zero-order chi connectivity index (χ0) is 15.5. The Balaban J connectivity index is 1.62. The van der Waals surface area contributed by atoms with Crippen molar-refractivity contribution in [3.8, 4) is 5.75 Å². The molecule has 0 bridgehead atoms. The van der Waals surface area contributed by atoms with Gasteiger partial charge in [0.15, 0.2) is 0 Å². The van der Waals surface area contributed by atoms with Gasteiger partial charge < -0.3 is 14.5 Å². The van der Waals surface area contributed by atoms with E-state index in [1.54, 1.807) is 7.11 Å². The number of hydrogen-bond acceptors (Lipinski definition) is 5. The van der Waals surface area contributed by atoms with Crippen molar-refractivity contribution in [3.05, 3.63) is 18.3 Å². The molecular weight excluding hydrogens is 276 g/mol. The topological polar surface area (TPSA) is 31.8 Å². The number of likely N-dealkylation sites (tertiary alicyclic amines) is 1. The van der Waals surface area contributed by atoms with E-state index in [4.69, 9.17) is 4.74 Å². The Kier molecular flexibility index (Phi) is 4.84. The summed E-state index contributed by atoms with van der Waals surface area (Å²) in [6.45, 7) is 8.09. The third kappa shape index (κ3) is 3.36. The molecule has 122 valence electrons. The molecule has 5 heteroatoms. The molecule has 2 aliphatic heterocycles. The van der Waals surface area contributed by atoms with Gasteiger partial charge in [-0.25, -0.2) is 4.98 Å². The molecule has 1 aromatic heterocycles. The van der Waals surface area contributed by atoms with Gasteiger partial charge in [0.1, 0.15) is 11.6 Å². The number of hydrogen-bond donors (Lipinski definition) is 0. The third-order valence-corrected chi connectivity index (χ3v) is 5.11. The van der Waals surface area contributed by atoms with Gasteiger partial charge >= 0.3 is 0 Å². The van der Waals surface area contributed by atoms with E-state index in [-0.39, 0.29) is 0 Å². The summed E-state index contributed by atoms with van der Waals surface area (Å²) >= 11 is 0. The van der Waals surface area contributed by atoms with Crippen LogP contribution in [0.4, 0.5) is 5.82 Å². The molecular formula is C17H28N4O. The van der Waals surface area contributed by atoms with Crippen molar-refractivity contribution in [2.45, 2.75) is 31.8 Å². The maximum Gasteiger partial charge on any atom is 0.132 e. The highest BCUT2D eigenvalue weighted by atomic mass is 16.5. The van der Waals surface area contributed by atoms with Crippen LogP contribution in [0.25, 0.3) is 0 Å². The maximum atomic E-state index is 5.33. The number of piperazine rings is 1. The summed E-state index contributed by atoms with van der Waals surface area (Å²) in [5.74, 6) is 1.92. The van der Waals surface area contributed by atoms with Crippen molar-refractivity contribution in [2.24, 2.45) is 0 Å². The molecule has 0 unspecified atom stereocenters. The summed E-state index contributed by atoms with van der Waals surface area (Å²) in [5.41, 5.74) is 0.